The highest BCUT2D eigenvalue weighted by molar-refractivity contribution is 6.12. The molecule has 0 aliphatic heterocycles. The molecule has 9 aromatic carbocycles. The minimum atomic E-state index is 1.01. The standard InChI is InChI=1S/C58H39N3/c1-2-15-43(16-3-1)59-53-21-9-6-18-46(53)49-36-41(28-32-56(49)59)42-29-33-57-50(37-42)47-19-7-10-22-54(47)60(57)44-30-25-38(26-31-44)40-27-34-58-51(35-40)48-20-8-11-23-55(48)61(58)52-24-12-14-39-13-4-5-17-45(39)52/h1-9,11-21,23-37H,10,22H2. The average Bonchev–Trinajstić information content (AvgIpc) is 3.96. The minimum Gasteiger partial charge on any atom is -0.313 e. The summed E-state index contributed by atoms with van der Waals surface area (Å²) in [7, 11) is 0. The molecule has 0 bridgehead atoms. The van der Waals surface area contributed by atoms with E-state index in [-0.39, 0.29) is 0 Å². The van der Waals surface area contributed by atoms with Crippen LogP contribution >= 0.6 is 0 Å². The Bertz CT molecular complexity index is 3740. The summed E-state index contributed by atoms with van der Waals surface area (Å²) in [5.74, 6) is 0. The van der Waals surface area contributed by atoms with Gasteiger partial charge >= 0.3 is 0 Å². The summed E-state index contributed by atoms with van der Waals surface area (Å²) in [6.07, 6.45) is 6.74. The number of allylic oxidation sites excluding steroid dienone is 1. The van der Waals surface area contributed by atoms with Gasteiger partial charge in [-0.25, -0.2) is 0 Å². The number of benzene rings is 9. The van der Waals surface area contributed by atoms with Gasteiger partial charge in [-0.2, -0.15) is 0 Å². The van der Waals surface area contributed by atoms with Crippen LogP contribution in [0.4, 0.5) is 0 Å². The van der Waals surface area contributed by atoms with Gasteiger partial charge in [0.15, 0.2) is 0 Å². The van der Waals surface area contributed by atoms with E-state index in [1.54, 1.807) is 0 Å². The summed E-state index contributed by atoms with van der Waals surface area (Å²) in [5.41, 5.74) is 17.3. The molecule has 3 heteroatoms. The first kappa shape index (κ1) is 34.0. The van der Waals surface area contributed by atoms with E-state index in [4.69, 9.17) is 0 Å². The van der Waals surface area contributed by atoms with Crippen LogP contribution in [0.1, 0.15) is 17.7 Å². The van der Waals surface area contributed by atoms with Crippen molar-refractivity contribution >= 4 is 71.4 Å². The topological polar surface area (TPSA) is 14.8 Å². The third-order valence-corrected chi connectivity index (χ3v) is 13.1. The van der Waals surface area contributed by atoms with Crippen LogP contribution in [0, 0.1) is 0 Å². The van der Waals surface area contributed by atoms with Gasteiger partial charge in [0.05, 0.1) is 33.3 Å². The summed E-state index contributed by atoms with van der Waals surface area (Å²) >= 11 is 0. The summed E-state index contributed by atoms with van der Waals surface area (Å²) in [6.45, 7) is 0. The van der Waals surface area contributed by atoms with Gasteiger partial charge in [-0.15, -0.1) is 0 Å². The van der Waals surface area contributed by atoms with Gasteiger partial charge in [-0.1, -0.05) is 133 Å². The zero-order valence-electron chi connectivity index (χ0n) is 33.5. The molecule has 1 aliphatic rings. The number of para-hydroxylation sites is 3. The second-order valence-electron chi connectivity index (χ2n) is 16.4. The van der Waals surface area contributed by atoms with E-state index in [1.807, 2.05) is 0 Å². The van der Waals surface area contributed by atoms with Crippen LogP contribution in [0.25, 0.3) is 111 Å². The van der Waals surface area contributed by atoms with E-state index >= 15 is 0 Å². The predicted octanol–water partition coefficient (Wildman–Crippen LogP) is 15.3. The van der Waals surface area contributed by atoms with Gasteiger partial charge < -0.3 is 13.7 Å². The number of aromatic nitrogens is 3. The Hall–Kier alpha value is -7.88. The fourth-order valence-electron chi connectivity index (χ4n) is 10.3. The van der Waals surface area contributed by atoms with Crippen LogP contribution in [0.15, 0.2) is 206 Å². The molecule has 286 valence electrons. The summed E-state index contributed by atoms with van der Waals surface area (Å²) < 4.78 is 7.32. The predicted molar refractivity (Wildman–Crippen MR) is 258 cm³/mol. The SMILES string of the molecule is C1=Cc2c(n(-c3ccc(-c4ccc5c(c4)c4ccccc4n5-c4cccc5ccccc45)cc3)c3ccc(-c4ccc5c(c4)c4ccccc4n5-c4ccccc4)cc23)CC1. The van der Waals surface area contributed by atoms with Gasteiger partial charge in [0, 0.05) is 54.9 Å². The molecule has 0 saturated carbocycles. The quantitative estimate of drug-likeness (QED) is 0.165. The molecule has 3 aromatic heterocycles. The Balaban J connectivity index is 0.895. The highest BCUT2D eigenvalue weighted by atomic mass is 15.0. The lowest BCUT2D eigenvalue weighted by Gasteiger charge is -2.14. The Kier molecular flexibility index (Phi) is 7.43. The van der Waals surface area contributed by atoms with Gasteiger partial charge in [0.25, 0.3) is 0 Å². The third-order valence-electron chi connectivity index (χ3n) is 13.1. The maximum Gasteiger partial charge on any atom is 0.0541 e. The van der Waals surface area contributed by atoms with Crippen molar-refractivity contribution in [2.75, 3.05) is 0 Å². The molecule has 3 heterocycles. The van der Waals surface area contributed by atoms with Crippen molar-refractivity contribution in [1.82, 2.24) is 13.7 Å². The molecule has 1 aliphatic carbocycles. The van der Waals surface area contributed by atoms with Crippen molar-refractivity contribution in [1.29, 1.82) is 0 Å². The van der Waals surface area contributed by atoms with E-state index in [0.29, 0.717) is 0 Å². The highest BCUT2D eigenvalue weighted by Crippen LogP contribution is 2.41. The van der Waals surface area contributed by atoms with Crippen molar-refractivity contribution in [2.45, 2.75) is 12.8 Å². The van der Waals surface area contributed by atoms with Crippen molar-refractivity contribution in [3.05, 3.63) is 218 Å². The summed E-state index contributed by atoms with van der Waals surface area (Å²) in [5, 5.41) is 8.87. The van der Waals surface area contributed by atoms with E-state index in [2.05, 4.69) is 226 Å². The lowest BCUT2D eigenvalue weighted by atomic mass is 9.98. The molecule has 0 atom stereocenters. The van der Waals surface area contributed by atoms with Gasteiger partial charge in [-0.3, -0.25) is 0 Å². The first-order chi connectivity index (χ1) is 30.3. The van der Waals surface area contributed by atoms with E-state index < -0.39 is 0 Å². The molecular weight excluding hydrogens is 739 g/mol. The van der Waals surface area contributed by atoms with Gasteiger partial charge in [0.1, 0.15) is 0 Å². The summed E-state index contributed by atoms with van der Waals surface area (Å²) in [6, 6.07) is 73.8. The number of hydrogen-bond donors (Lipinski definition) is 0. The minimum absolute atomic E-state index is 1.01. The van der Waals surface area contributed by atoms with E-state index in [1.165, 1.54) is 116 Å². The van der Waals surface area contributed by atoms with E-state index in [0.717, 1.165) is 12.8 Å². The molecular formula is C58H39N3. The Labute approximate surface area is 353 Å². The second kappa shape index (κ2) is 13.3. The largest absolute Gasteiger partial charge is 0.313 e. The molecule has 0 radical (unpaired) electrons. The van der Waals surface area contributed by atoms with Crippen LogP contribution < -0.4 is 0 Å². The van der Waals surface area contributed by atoms with Gasteiger partial charge in [-0.05, 0) is 119 Å². The van der Waals surface area contributed by atoms with Crippen LogP contribution in [0.3, 0.4) is 0 Å². The Morgan fingerprint density at radius 3 is 1.56 bits per heavy atom. The molecule has 12 aromatic rings. The normalized spacial score (nSPS) is 12.7. The third kappa shape index (κ3) is 5.17. The smallest absolute Gasteiger partial charge is 0.0541 e. The number of hydrogen-bond acceptors (Lipinski definition) is 0. The number of fused-ring (bicyclic) bond motifs is 10. The van der Waals surface area contributed by atoms with Crippen molar-refractivity contribution in [3.63, 3.8) is 0 Å². The zero-order valence-corrected chi connectivity index (χ0v) is 33.5. The van der Waals surface area contributed by atoms with Crippen molar-refractivity contribution in [2.24, 2.45) is 0 Å². The molecule has 0 spiro atoms. The van der Waals surface area contributed by atoms with Crippen LogP contribution in [0.5, 0.6) is 0 Å². The molecule has 0 saturated heterocycles. The maximum atomic E-state index is 2.50. The molecule has 3 nitrogen and oxygen atoms in total. The Morgan fingerprint density at radius 2 is 0.836 bits per heavy atom. The zero-order chi connectivity index (χ0) is 40.0. The first-order valence-electron chi connectivity index (χ1n) is 21.3. The van der Waals surface area contributed by atoms with Gasteiger partial charge in [0.2, 0.25) is 0 Å². The van der Waals surface area contributed by atoms with Crippen molar-refractivity contribution < 1.29 is 0 Å². The highest BCUT2D eigenvalue weighted by Gasteiger charge is 2.21. The molecule has 0 fully saturated rings. The van der Waals surface area contributed by atoms with Crippen molar-refractivity contribution in [3.8, 4) is 39.3 Å². The monoisotopic (exact) mass is 777 g/mol. The molecule has 0 N–H and O–H groups in total. The maximum absolute atomic E-state index is 2.50. The fourth-order valence-corrected chi connectivity index (χ4v) is 10.3. The van der Waals surface area contributed by atoms with Crippen LogP contribution in [0.2, 0.25) is 0 Å². The number of nitrogens with zero attached hydrogens (tertiary/aromatic N) is 3. The average molecular weight is 778 g/mol. The molecule has 13 rings (SSSR count). The molecule has 61 heavy (non-hydrogen) atoms. The Morgan fingerprint density at radius 1 is 0.328 bits per heavy atom. The lowest BCUT2D eigenvalue weighted by Crippen LogP contribution is -2.02. The summed E-state index contributed by atoms with van der Waals surface area (Å²) in [4.78, 5) is 0. The van der Waals surface area contributed by atoms with E-state index in [9.17, 15) is 0 Å². The molecule has 0 unspecified atom stereocenters. The lowest BCUT2D eigenvalue weighted by molar-refractivity contribution is 0.888. The fraction of sp³-hybridized carbons (Fsp3) is 0.0345. The van der Waals surface area contributed by atoms with Crippen LogP contribution in [-0.2, 0) is 6.42 Å². The first-order valence-corrected chi connectivity index (χ1v) is 21.3. The number of rotatable bonds is 5. The molecule has 0 amide bonds. The van der Waals surface area contributed by atoms with Crippen LogP contribution in [-0.4, -0.2) is 13.7 Å². The second-order valence-corrected chi connectivity index (χ2v) is 16.4.